The number of nitrogens with zero attached hydrogens (tertiary/aromatic N) is 2. The SMILES string of the molecule is COc1ccc(S(=O)(=O)N(CC(=O)N(Cc2ccc(C)cc2)[C@@H](Cc2ccccc2)C(=O)NCC(C)C)c2cc(C)cc(C)c2)cc1OC. The second kappa shape index (κ2) is 16.5. The molecule has 0 aliphatic heterocycles. The van der Waals surface area contributed by atoms with Crippen molar-refractivity contribution in [1.29, 1.82) is 0 Å². The van der Waals surface area contributed by atoms with Crippen molar-refractivity contribution in [2.45, 2.75) is 58.5 Å². The summed E-state index contributed by atoms with van der Waals surface area (Å²) in [5.41, 5.74) is 4.74. The lowest BCUT2D eigenvalue weighted by Gasteiger charge is -2.34. The molecule has 260 valence electrons. The quantitative estimate of drug-likeness (QED) is 0.159. The molecule has 49 heavy (non-hydrogen) atoms. The highest BCUT2D eigenvalue weighted by molar-refractivity contribution is 7.92. The number of sulfonamides is 1. The van der Waals surface area contributed by atoms with Gasteiger partial charge in [-0.05, 0) is 73.2 Å². The molecule has 0 aliphatic rings. The number of carbonyl (C=O) groups excluding carboxylic acids is 2. The number of rotatable bonds is 15. The van der Waals surface area contributed by atoms with Crippen LogP contribution in [-0.4, -0.2) is 58.5 Å². The lowest BCUT2D eigenvalue weighted by atomic mass is 10.0. The predicted octanol–water partition coefficient (Wildman–Crippen LogP) is 6.24. The van der Waals surface area contributed by atoms with Gasteiger partial charge in [0.15, 0.2) is 11.5 Å². The number of methoxy groups -OCH3 is 2. The molecule has 0 fully saturated rings. The van der Waals surface area contributed by atoms with Crippen LogP contribution in [-0.2, 0) is 32.6 Å². The molecular formula is C39H47N3O6S. The van der Waals surface area contributed by atoms with Crippen molar-refractivity contribution >= 4 is 27.5 Å². The molecule has 0 aromatic heterocycles. The van der Waals surface area contributed by atoms with Crippen LogP contribution in [0.5, 0.6) is 11.5 Å². The van der Waals surface area contributed by atoms with Gasteiger partial charge in [0.2, 0.25) is 11.8 Å². The van der Waals surface area contributed by atoms with E-state index >= 15 is 0 Å². The summed E-state index contributed by atoms with van der Waals surface area (Å²) >= 11 is 0. The predicted molar refractivity (Wildman–Crippen MR) is 194 cm³/mol. The van der Waals surface area contributed by atoms with Gasteiger partial charge in [0.1, 0.15) is 12.6 Å². The van der Waals surface area contributed by atoms with Crippen LogP contribution in [0.2, 0.25) is 0 Å². The minimum Gasteiger partial charge on any atom is -0.493 e. The Hall–Kier alpha value is -4.83. The van der Waals surface area contributed by atoms with Crippen molar-refractivity contribution in [3.05, 3.63) is 119 Å². The number of anilines is 1. The number of amides is 2. The molecule has 0 spiro atoms. The number of carbonyl (C=O) groups is 2. The second-order valence-electron chi connectivity index (χ2n) is 12.7. The van der Waals surface area contributed by atoms with E-state index in [-0.39, 0.29) is 35.4 Å². The summed E-state index contributed by atoms with van der Waals surface area (Å²) in [6.45, 7) is 9.71. The van der Waals surface area contributed by atoms with E-state index in [2.05, 4.69) is 5.32 Å². The topological polar surface area (TPSA) is 105 Å². The van der Waals surface area contributed by atoms with Crippen LogP contribution >= 0.6 is 0 Å². The van der Waals surface area contributed by atoms with E-state index in [4.69, 9.17) is 9.47 Å². The fourth-order valence-corrected chi connectivity index (χ4v) is 7.01. The maximum atomic E-state index is 14.7. The zero-order valence-electron chi connectivity index (χ0n) is 29.4. The zero-order valence-corrected chi connectivity index (χ0v) is 30.2. The first-order chi connectivity index (χ1) is 23.3. The van der Waals surface area contributed by atoms with E-state index in [1.165, 1.54) is 37.3 Å². The van der Waals surface area contributed by atoms with Gasteiger partial charge in [-0.1, -0.05) is 80.1 Å². The van der Waals surface area contributed by atoms with Crippen molar-refractivity contribution < 1.29 is 27.5 Å². The molecule has 10 heteroatoms. The van der Waals surface area contributed by atoms with Gasteiger partial charge in [-0.25, -0.2) is 8.42 Å². The van der Waals surface area contributed by atoms with Gasteiger partial charge in [0.05, 0.1) is 24.8 Å². The average molecular weight is 686 g/mol. The first-order valence-corrected chi connectivity index (χ1v) is 17.8. The van der Waals surface area contributed by atoms with Crippen LogP contribution in [0.1, 0.15) is 41.7 Å². The summed E-state index contributed by atoms with van der Waals surface area (Å²) in [4.78, 5) is 30.1. The lowest BCUT2D eigenvalue weighted by molar-refractivity contribution is -0.140. The maximum absolute atomic E-state index is 14.7. The Morgan fingerprint density at radius 2 is 1.39 bits per heavy atom. The Balaban J connectivity index is 1.84. The number of aryl methyl sites for hydroxylation is 3. The van der Waals surface area contributed by atoms with Crippen LogP contribution < -0.4 is 19.1 Å². The Morgan fingerprint density at radius 3 is 1.98 bits per heavy atom. The summed E-state index contributed by atoms with van der Waals surface area (Å²) < 4.78 is 40.9. The van der Waals surface area contributed by atoms with Gasteiger partial charge in [-0.3, -0.25) is 13.9 Å². The van der Waals surface area contributed by atoms with E-state index < -0.39 is 28.5 Å². The second-order valence-corrected chi connectivity index (χ2v) is 14.6. The first-order valence-electron chi connectivity index (χ1n) is 16.3. The average Bonchev–Trinajstić information content (AvgIpc) is 3.07. The molecule has 0 aliphatic carbocycles. The van der Waals surface area contributed by atoms with E-state index in [0.717, 1.165) is 32.1 Å². The molecule has 0 bridgehead atoms. The lowest BCUT2D eigenvalue weighted by Crippen LogP contribution is -2.53. The molecule has 4 aromatic rings. The summed E-state index contributed by atoms with van der Waals surface area (Å²) in [6, 6.07) is 26.1. The molecule has 0 unspecified atom stereocenters. The largest absolute Gasteiger partial charge is 0.493 e. The normalized spacial score (nSPS) is 11.9. The fourth-order valence-electron chi connectivity index (χ4n) is 5.59. The third-order valence-corrected chi connectivity index (χ3v) is 9.92. The fraction of sp³-hybridized carbons (Fsp3) is 0.333. The molecule has 1 atom stereocenters. The van der Waals surface area contributed by atoms with Crippen LogP contribution in [0.25, 0.3) is 0 Å². The first kappa shape index (κ1) is 37.0. The van der Waals surface area contributed by atoms with Crippen molar-refractivity contribution in [2.75, 3.05) is 31.6 Å². The van der Waals surface area contributed by atoms with E-state index in [1.807, 2.05) is 95.3 Å². The zero-order chi connectivity index (χ0) is 35.7. The third kappa shape index (κ3) is 9.63. The van der Waals surface area contributed by atoms with E-state index in [9.17, 15) is 18.0 Å². The van der Waals surface area contributed by atoms with Gasteiger partial charge in [-0.2, -0.15) is 0 Å². The minimum atomic E-state index is -4.33. The molecule has 0 heterocycles. The number of hydrogen-bond donors (Lipinski definition) is 1. The van der Waals surface area contributed by atoms with E-state index in [1.54, 1.807) is 12.1 Å². The van der Waals surface area contributed by atoms with E-state index in [0.29, 0.717) is 18.0 Å². The number of ether oxygens (including phenoxy) is 2. The van der Waals surface area contributed by atoms with Crippen LogP contribution in [0.15, 0.2) is 95.9 Å². The molecule has 4 aromatic carbocycles. The number of hydrogen-bond acceptors (Lipinski definition) is 6. The molecule has 0 saturated heterocycles. The maximum Gasteiger partial charge on any atom is 0.264 e. The molecule has 4 rings (SSSR count). The van der Waals surface area contributed by atoms with Gasteiger partial charge in [0, 0.05) is 25.6 Å². The molecule has 0 radical (unpaired) electrons. The van der Waals surface area contributed by atoms with Gasteiger partial charge < -0.3 is 19.7 Å². The molecule has 9 nitrogen and oxygen atoms in total. The highest BCUT2D eigenvalue weighted by Crippen LogP contribution is 2.33. The van der Waals surface area contributed by atoms with Crippen LogP contribution in [0.4, 0.5) is 5.69 Å². The molecular weight excluding hydrogens is 639 g/mol. The number of nitrogens with one attached hydrogen (secondary N) is 1. The summed E-state index contributed by atoms with van der Waals surface area (Å²) in [7, 11) is -1.43. The van der Waals surface area contributed by atoms with Gasteiger partial charge in [0.25, 0.3) is 10.0 Å². The van der Waals surface area contributed by atoms with Crippen molar-refractivity contribution in [3.8, 4) is 11.5 Å². The van der Waals surface area contributed by atoms with Crippen molar-refractivity contribution in [3.63, 3.8) is 0 Å². The standard InChI is InChI=1S/C39H47N3O6S/c1-27(2)24-40-39(44)35(22-31-11-9-8-10-12-31)41(25-32-15-13-28(3)14-16-32)38(43)26-42(33-20-29(4)19-30(5)21-33)49(45,46)34-17-18-36(47-6)37(23-34)48-7/h8-21,23,27,35H,22,24-26H2,1-7H3,(H,40,44)/t35-/m0/s1. The van der Waals surface area contributed by atoms with Crippen molar-refractivity contribution in [2.24, 2.45) is 5.92 Å². The Morgan fingerprint density at radius 1 is 0.755 bits per heavy atom. The molecule has 0 saturated carbocycles. The third-order valence-electron chi connectivity index (χ3n) is 8.15. The van der Waals surface area contributed by atoms with Crippen molar-refractivity contribution in [1.82, 2.24) is 10.2 Å². The van der Waals surface area contributed by atoms with Gasteiger partial charge >= 0.3 is 0 Å². The Bertz CT molecular complexity index is 1820. The summed E-state index contributed by atoms with van der Waals surface area (Å²) in [5.74, 6) is -0.0330. The number of benzene rings is 4. The van der Waals surface area contributed by atoms with Gasteiger partial charge in [-0.15, -0.1) is 0 Å². The minimum absolute atomic E-state index is 0.0716. The highest BCUT2D eigenvalue weighted by Gasteiger charge is 2.35. The smallest absolute Gasteiger partial charge is 0.264 e. The van der Waals surface area contributed by atoms with Crippen LogP contribution in [0.3, 0.4) is 0 Å². The molecule has 1 N–H and O–H groups in total. The highest BCUT2D eigenvalue weighted by atomic mass is 32.2. The summed E-state index contributed by atoms with van der Waals surface area (Å²) in [6.07, 6.45) is 0.244. The Labute approximate surface area is 290 Å². The Kier molecular flexibility index (Phi) is 12.5. The van der Waals surface area contributed by atoms with Crippen LogP contribution in [0, 0.1) is 26.7 Å². The summed E-state index contributed by atoms with van der Waals surface area (Å²) in [5, 5.41) is 3.02. The molecule has 2 amide bonds. The monoisotopic (exact) mass is 685 g/mol.